The van der Waals surface area contributed by atoms with Gasteiger partial charge in [0.15, 0.2) is 6.10 Å². The highest BCUT2D eigenvalue weighted by Gasteiger charge is 2.14. The molecule has 5 heteroatoms. The third-order valence-corrected chi connectivity index (χ3v) is 3.05. The van der Waals surface area contributed by atoms with Crippen LogP contribution in [0.1, 0.15) is 27.2 Å². The summed E-state index contributed by atoms with van der Waals surface area (Å²) in [6.07, 6.45) is 0.420. The van der Waals surface area contributed by atoms with Gasteiger partial charge in [-0.2, -0.15) is 0 Å². The zero-order valence-electron chi connectivity index (χ0n) is 11.6. The molecule has 0 radical (unpaired) electrons. The fraction of sp³-hybridized carbons (Fsp3) is 0.500. The number of nitrogen functional groups attached to an aromatic ring is 1. The van der Waals surface area contributed by atoms with Gasteiger partial charge in [0.05, 0.1) is 0 Å². The van der Waals surface area contributed by atoms with E-state index >= 15 is 0 Å². The van der Waals surface area contributed by atoms with Gasteiger partial charge in [0.2, 0.25) is 0 Å². The fourth-order valence-corrected chi connectivity index (χ4v) is 2.03. The maximum Gasteiger partial charge on any atom is 0.260 e. The predicted molar refractivity (Wildman–Crippen MR) is 81.1 cm³/mol. The molecule has 19 heavy (non-hydrogen) atoms. The summed E-state index contributed by atoms with van der Waals surface area (Å²) in [5.74, 6) is 1.04. The van der Waals surface area contributed by atoms with Crippen molar-refractivity contribution in [3.8, 4) is 5.75 Å². The lowest BCUT2D eigenvalue weighted by atomic mass is 10.1. The van der Waals surface area contributed by atoms with Crippen molar-refractivity contribution < 1.29 is 9.53 Å². The first-order valence-electron chi connectivity index (χ1n) is 6.39. The van der Waals surface area contributed by atoms with E-state index in [1.807, 2.05) is 0 Å². The van der Waals surface area contributed by atoms with Gasteiger partial charge in [0, 0.05) is 22.8 Å². The number of nitrogens with one attached hydrogen (secondary N) is 1. The summed E-state index contributed by atoms with van der Waals surface area (Å²) < 4.78 is 6.40. The topological polar surface area (TPSA) is 64.3 Å². The highest BCUT2D eigenvalue weighted by molar-refractivity contribution is 9.10. The van der Waals surface area contributed by atoms with Crippen LogP contribution in [0.25, 0.3) is 0 Å². The summed E-state index contributed by atoms with van der Waals surface area (Å²) in [5, 5.41) is 2.86. The average molecular weight is 329 g/mol. The van der Waals surface area contributed by atoms with Crippen molar-refractivity contribution in [3.63, 3.8) is 0 Å². The van der Waals surface area contributed by atoms with Crippen LogP contribution >= 0.6 is 15.9 Å². The zero-order chi connectivity index (χ0) is 14.4. The van der Waals surface area contributed by atoms with Crippen molar-refractivity contribution in [2.45, 2.75) is 33.3 Å². The second-order valence-corrected chi connectivity index (χ2v) is 5.87. The molecule has 1 unspecified atom stereocenters. The first-order chi connectivity index (χ1) is 8.88. The first kappa shape index (κ1) is 15.8. The summed E-state index contributed by atoms with van der Waals surface area (Å²) in [6, 6.07) is 5.26. The Morgan fingerprint density at radius 2 is 2.05 bits per heavy atom. The number of amides is 1. The van der Waals surface area contributed by atoms with E-state index in [1.165, 1.54) is 0 Å². The van der Waals surface area contributed by atoms with Crippen LogP contribution in [0.3, 0.4) is 0 Å². The highest BCUT2D eigenvalue weighted by Crippen LogP contribution is 2.23. The van der Waals surface area contributed by atoms with Gasteiger partial charge in [0.1, 0.15) is 5.75 Å². The number of carbonyl (C=O) groups excluding carboxylic acids is 1. The van der Waals surface area contributed by atoms with Crippen molar-refractivity contribution in [2.24, 2.45) is 5.92 Å². The normalized spacial score (nSPS) is 12.3. The van der Waals surface area contributed by atoms with E-state index in [4.69, 9.17) is 10.5 Å². The third-order valence-electron chi connectivity index (χ3n) is 2.60. The van der Waals surface area contributed by atoms with Crippen molar-refractivity contribution >= 4 is 27.5 Å². The summed E-state index contributed by atoms with van der Waals surface area (Å²) >= 11 is 3.34. The van der Waals surface area contributed by atoms with E-state index < -0.39 is 6.10 Å². The number of hydrogen-bond donors (Lipinski definition) is 2. The van der Waals surface area contributed by atoms with Crippen LogP contribution in [0.15, 0.2) is 22.7 Å². The van der Waals surface area contributed by atoms with Gasteiger partial charge in [-0.05, 0) is 31.4 Å². The molecule has 3 N–H and O–H groups in total. The lowest BCUT2D eigenvalue weighted by Gasteiger charge is -2.15. The summed E-state index contributed by atoms with van der Waals surface area (Å²) in [4.78, 5) is 11.8. The molecule has 0 spiro atoms. The number of nitrogens with two attached hydrogens (primary N) is 1. The Hall–Kier alpha value is -1.23. The lowest BCUT2D eigenvalue weighted by Crippen LogP contribution is -2.37. The summed E-state index contributed by atoms with van der Waals surface area (Å²) in [5.41, 5.74) is 6.31. The van der Waals surface area contributed by atoms with E-state index in [0.29, 0.717) is 23.9 Å². The molecule has 0 aromatic heterocycles. The lowest BCUT2D eigenvalue weighted by molar-refractivity contribution is -0.127. The minimum Gasteiger partial charge on any atom is -0.481 e. The third kappa shape index (κ3) is 5.96. The molecular formula is C14H21BrN2O2. The van der Waals surface area contributed by atoms with Gasteiger partial charge < -0.3 is 15.8 Å². The monoisotopic (exact) mass is 328 g/mol. The summed E-state index contributed by atoms with van der Waals surface area (Å²) in [6.45, 7) is 6.64. The Labute approximate surface area is 122 Å². The quantitative estimate of drug-likeness (QED) is 0.789. The number of carbonyl (C=O) groups is 1. The van der Waals surface area contributed by atoms with Crippen molar-refractivity contribution in [1.29, 1.82) is 0 Å². The molecule has 0 bridgehead atoms. The Balaban J connectivity index is 2.49. The molecule has 0 saturated carbocycles. The number of ether oxygens (including phenoxy) is 1. The van der Waals surface area contributed by atoms with Gasteiger partial charge in [0.25, 0.3) is 5.91 Å². The second kappa shape index (κ2) is 7.38. The van der Waals surface area contributed by atoms with Crippen LogP contribution in [0.4, 0.5) is 5.69 Å². The van der Waals surface area contributed by atoms with Crippen LogP contribution in [0.2, 0.25) is 0 Å². The van der Waals surface area contributed by atoms with E-state index in [1.54, 1.807) is 25.1 Å². The molecule has 0 fully saturated rings. The average Bonchev–Trinajstić information content (AvgIpc) is 2.26. The second-order valence-electron chi connectivity index (χ2n) is 4.95. The molecule has 4 nitrogen and oxygen atoms in total. The van der Waals surface area contributed by atoms with Gasteiger partial charge in [-0.25, -0.2) is 0 Å². The molecular weight excluding hydrogens is 308 g/mol. The van der Waals surface area contributed by atoms with E-state index in [0.717, 1.165) is 10.9 Å². The Morgan fingerprint density at radius 1 is 1.37 bits per heavy atom. The number of rotatable bonds is 6. The van der Waals surface area contributed by atoms with Gasteiger partial charge in [-0.3, -0.25) is 4.79 Å². The molecule has 1 atom stereocenters. The van der Waals surface area contributed by atoms with Crippen LogP contribution < -0.4 is 15.8 Å². The molecule has 0 heterocycles. The maximum absolute atomic E-state index is 11.8. The maximum atomic E-state index is 11.8. The number of benzene rings is 1. The van der Waals surface area contributed by atoms with E-state index in [-0.39, 0.29) is 5.91 Å². The van der Waals surface area contributed by atoms with Crippen LogP contribution in [-0.2, 0) is 4.79 Å². The van der Waals surface area contributed by atoms with Crippen LogP contribution in [0.5, 0.6) is 5.75 Å². The molecule has 0 saturated heterocycles. The molecule has 0 aliphatic rings. The van der Waals surface area contributed by atoms with Crippen molar-refractivity contribution in [1.82, 2.24) is 5.32 Å². The highest BCUT2D eigenvalue weighted by atomic mass is 79.9. The molecule has 1 aromatic rings. The van der Waals surface area contributed by atoms with Gasteiger partial charge in [-0.15, -0.1) is 0 Å². The SMILES string of the molecule is CC(C)CCNC(=O)C(C)Oc1cc(N)cc(Br)c1. The van der Waals surface area contributed by atoms with Gasteiger partial charge >= 0.3 is 0 Å². The van der Waals surface area contributed by atoms with Gasteiger partial charge in [-0.1, -0.05) is 29.8 Å². The standard InChI is InChI=1S/C14H21BrN2O2/c1-9(2)4-5-17-14(18)10(3)19-13-7-11(15)6-12(16)8-13/h6-10H,4-5,16H2,1-3H3,(H,17,18). The minimum atomic E-state index is -0.541. The molecule has 1 rings (SSSR count). The largest absolute Gasteiger partial charge is 0.481 e. The Bertz CT molecular complexity index is 415. The molecule has 0 aliphatic heterocycles. The van der Waals surface area contributed by atoms with Crippen molar-refractivity contribution in [2.75, 3.05) is 12.3 Å². The molecule has 1 aromatic carbocycles. The van der Waals surface area contributed by atoms with Crippen LogP contribution in [0, 0.1) is 5.92 Å². The van der Waals surface area contributed by atoms with Crippen molar-refractivity contribution in [3.05, 3.63) is 22.7 Å². The Morgan fingerprint density at radius 3 is 2.63 bits per heavy atom. The minimum absolute atomic E-state index is 0.112. The molecule has 1 amide bonds. The predicted octanol–water partition coefficient (Wildman–Crippen LogP) is 2.96. The fourth-order valence-electron chi connectivity index (χ4n) is 1.54. The van der Waals surface area contributed by atoms with Crippen LogP contribution in [-0.4, -0.2) is 18.6 Å². The zero-order valence-corrected chi connectivity index (χ0v) is 13.2. The molecule has 0 aliphatic carbocycles. The first-order valence-corrected chi connectivity index (χ1v) is 7.18. The number of anilines is 1. The number of halogens is 1. The number of hydrogen-bond acceptors (Lipinski definition) is 3. The van der Waals surface area contributed by atoms with E-state index in [2.05, 4.69) is 35.1 Å². The van der Waals surface area contributed by atoms with E-state index in [9.17, 15) is 4.79 Å². The molecule has 106 valence electrons. The summed E-state index contributed by atoms with van der Waals surface area (Å²) in [7, 11) is 0. The Kier molecular flexibility index (Phi) is 6.15. The smallest absolute Gasteiger partial charge is 0.260 e.